The van der Waals surface area contributed by atoms with Crippen LogP contribution in [0.3, 0.4) is 0 Å². The van der Waals surface area contributed by atoms with E-state index in [1.54, 1.807) is 24.3 Å². The molecule has 0 aliphatic heterocycles. The zero-order chi connectivity index (χ0) is 14.4. The summed E-state index contributed by atoms with van der Waals surface area (Å²) in [7, 11) is 0. The summed E-state index contributed by atoms with van der Waals surface area (Å²) in [6, 6.07) is 15.8. The fourth-order valence-corrected chi connectivity index (χ4v) is 1.85. The Morgan fingerprint density at radius 2 is 1.70 bits per heavy atom. The predicted molar refractivity (Wildman–Crippen MR) is 74.7 cm³/mol. The molecule has 0 aliphatic rings. The van der Waals surface area contributed by atoms with Crippen LogP contribution in [0.1, 0.15) is 11.1 Å². The van der Waals surface area contributed by atoms with E-state index >= 15 is 0 Å². The number of phenolic OH excluding ortho intramolecular Hbond substituents is 1. The molecule has 0 saturated carbocycles. The highest BCUT2D eigenvalue weighted by Gasteiger charge is 2.19. The molecule has 4 N–H and O–H groups in total. The van der Waals surface area contributed by atoms with Gasteiger partial charge in [0.05, 0.1) is 0 Å². The molecule has 1 atom stereocenters. The van der Waals surface area contributed by atoms with Crippen molar-refractivity contribution in [3.63, 3.8) is 0 Å². The van der Waals surface area contributed by atoms with Crippen molar-refractivity contribution >= 4 is 5.97 Å². The topological polar surface area (TPSA) is 74.2 Å². The van der Waals surface area contributed by atoms with Gasteiger partial charge in [-0.1, -0.05) is 42.5 Å². The van der Waals surface area contributed by atoms with E-state index in [1.807, 2.05) is 30.3 Å². The number of hydrogen-bond acceptors (Lipinski definition) is 3. The van der Waals surface area contributed by atoms with E-state index in [4.69, 9.17) is 4.74 Å². The van der Waals surface area contributed by atoms with Crippen LogP contribution in [0.25, 0.3) is 0 Å². The Morgan fingerprint density at radius 3 is 2.35 bits per heavy atom. The molecular weight excluding hydrogens is 254 g/mol. The number of phenols is 1. The Labute approximate surface area is 117 Å². The van der Waals surface area contributed by atoms with E-state index in [0.29, 0.717) is 6.42 Å². The van der Waals surface area contributed by atoms with Gasteiger partial charge in [-0.05, 0) is 23.3 Å². The number of esters is 1. The van der Waals surface area contributed by atoms with Crippen molar-refractivity contribution in [2.45, 2.75) is 19.1 Å². The highest BCUT2D eigenvalue weighted by atomic mass is 16.5. The molecule has 4 heteroatoms. The number of ether oxygens (including phenoxy) is 1. The van der Waals surface area contributed by atoms with Crippen LogP contribution < -0.4 is 5.73 Å². The van der Waals surface area contributed by atoms with Crippen LogP contribution in [-0.4, -0.2) is 17.1 Å². The second-order valence-electron chi connectivity index (χ2n) is 4.66. The number of aromatic hydroxyl groups is 1. The summed E-state index contributed by atoms with van der Waals surface area (Å²) < 4.78 is 5.23. The zero-order valence-corrected chi connectivity index (χ0v) is 11.2. The van der Waals surface area contributed by atoms with Gasteiger partial charge in [-0.15, -0.1) is 0 Å². The van der Waals surface area contributed by atoms with Gasteiger partial charge >= 0.3 is 5.97 Å². The predicted octanol–water partition coefficient (Wildman–Crippen LogP) is 1.29. The van der Waals surface area contributed by atoms with E-state index in [-0.39, 0.29) is 18.3 Å². The third kappa shape index (κ3) is 4.10. The highest BCUT2D eigenvalue weighted by molar-refractivity contribution is 5.74. The Bertz CT molecular complexity index is 552. The standard InChI is InChI=1S/C16H17NO3/c17-15(10-12-6-8-14(18)9-7-12)16(19)20-11-13-4-2-1-3-5-13/h1-9,15,18H,10-11,17H2/p+1/t15-/m0/s1. The molecule has 0 unspecified atom stereocenters. The van der Waals surface area contributed by atoms with E-state index in [0.717, 1.165) is 11.1 Å². The summed E-state index contributed by atoms with van der Waals surface area (Å²) >= 11 is 0. The minimum atomic E-state index is -0.455. The average molecular weight is 272 g/mol. The number of carbonyl (C=O) groups is 1. The maximum atomic E-state index is 11.9. The van der Waals surface area contributed by atoms with Crippen LogP contribution in [0.5, 0.6) is 5.75 Å². The molecule has 0 aliphatic carbocycles. The van der Waals surface area contributed by atoms with Gasteiger partial charge in [-0.25, -0.2) is 4.79 Å². The van der Waals surface area contributed by atoms with Gasteiger partial charge < -0.3 is 15.6 Å². The van der Waals surface area contributed by atoms with Gasteiger partial charge in [-0.3, -0.25) is 0 Å². The first-order valence-corrected chi connectivity index (χ1v) is 6.46. The molecule has 4 nitrogen and oxygen atoms in total. The molecule has 0 aromatic heterocycles. The van der Waals surface area contributed by atoms with Crippen molar-refractivity contribution in [2.75, 3.05) is 0 Å². The minimum Gasteiger partial charge on any atom is -0.508 e. The summed E-state index contributed by atoms with van der Waals surface area (Å²) in [5.41, 5.74) is 5.73. The number of rotatable bonds is 5. The molecule has 0 bridgehead atoms. The quantitative estimate of drug-likeness (QED) is 0.805. The molecule has 104 valence electrons. The van der Waals surface area contributed by atoms with E-state index in [2.05, 4.69) is 5.73 Å². The van der Waals surface area contributed by atoms with Crippen LogP contribution in [-0.2, 0) is 22.6 Å². The highest BCUT2D eigenvalue weighted by Crippen LogP contribution is 2.11. The smallest absolute Gasteiger partial charge is 0.365 e. The number of hydrogen-bond donors (Lipinski definition) is 2. The Morgan fingerprint density at radius 1 is 1.05 bits per heavy atom. The molecular formula is C16H18NO3+. The number of quaternary nitrogens is 1. The van der Waals surface area contributed by atoms with Crippen molar-refractivity contribution < 1.29 is 20.4 Å². The third-order valence-corrected chi connectivity index (χ3v) is 2.98. The lowest BCUT2D eigenvalue weighted by atomic mass is 10.1. The minimum absolute atomic E-state index is 0.209. The summed E-state index contributed by atoms with van der Waals surface area (Å²) in [6.45, 7) is 0.265. The van der Waals surface area contributed by atoms with Crippen LogP contribution in [0.2, 0.25) is 0 Å². The van der Waals surface area contributed by atoms with Gasteiger partial charge in [0.25, 0.3) is 0 Å². The summed E-state index contributed by atoms with van der Waals surface area (Å²) in [4.78, 5) is 11.9. The molecule has 2 aromatic rings. The van der Waals surface area contributed by atoms with Crippen LogP contribution in [0.4, 0.5) is 0 Å². The number of carbonyl (C=O) groups excluding carboxylic acids is 1. The SMILES string of the molecule is [NH3+][C@@H](Cc1ccc(O)cc1)C(=O)OCc1ccccc1. The van der Waals surface area contributed by atoms with E-state index in [1.165, 1.54) is 0 Å². The van der Waals surface area contributed by atoms with Gasteiger partial charge in [0.15, 0.2) is 6.04 Å². The van der Waals surface area contributed by atoms with Crippen molar-refractivity contribution in [2.24, 2.45) is 0 Å². The first kappa shape index (κ1) is 14.1. The lowest BCUT2D eigenvalue weighted by Gasteiger charge is -2.09. The monoisotopic (exact) mass is 272 g/mol. The summed E-state index contributed by atoms with van der Waals surface area (Å²) in [5, 5.41) is 9.20. The summed E-state index contributed by atoms with van der Waals surface area (Å²) in [5.74, 6) is -0.108. The van der Waals surface area contributed by atoms with Gasteiger partial charge in [-0.2, -0.15) is 0 Å². The lowest BCUT2D eigenvalue weighted by molar-refractivity contribution is -0.408. The first-order valence-electron chi connectivity index (χ1n) is 6.46. The first-order chi connectivity index (χ1) is 9.65. The van der Waals surface area contributed by atoms with Crippen LogP contribution in [0.15, 0.2) is 54.6 Å². The fourth-order valence-electron chi connectivity index (χ4n) is 1.85. The van der Waals surface area contributed by atoms with Crippen molar-refractivity contribution in [1.29, 1.82) is 0 Å². The Balaban J connectivity index is 1.84. The average Bonchev–Trinajstić information content (AvgIpc) is 2.48. The van der Waals surface area contributed by atoms with Crippen molar-refractivity contribution in [1.82, 2.24) is 0 Å². The molecule has 0 radical (unpaired) electrons. The zero-order valence-electron chi connectivity index (χ0n) is 11.2. The third-order valence-electron chi connectivity index (χ3n) is 2.98. The second-order valence-corrected chi connectivity index (χ2v) is 4.66. The van der Waals surface area contributed by atoms with Crippen molar-refractivity contribution in [3.8, 4) is 5.75 Å². The largest absolute Gasteiger partial charge is 0.508 e. The fraction of sp³-hybridized carbons (Fsp3) is 0.188. The summed E-state index contributed by atoms with van der Waals surface area (Å²) in [6.07, 6.45) is 0.494. The van der Waals surface area contributed by atoms with Crippen molar-refractivity contribution in [3.05, 3.63) is 65.7 Å². The maximum Gasteiger partial charge on any atom is 0.365 e. The molecule has 0 saturated heterocycles. The number of benzene rings is 2. The molecule has 2 rings (SSSR count). The normalized spacial score (nSPS) is 11.8. The van der Waals surface area contributed by atoms with E-state index < -0.39 is 6.04 Å². The lowest BCUT2D eigenvalue weighted by Crippen LogP contribution is -2.66. The van der Waals surface area contributed by atoms with Gasteiger partial charge in [0.1, 0.15) is 12.4 Å². The van der Waals surface area contributed by atoms with Gasteiger partial charge in [0, 0.05) is 6.42 Å². The molecule has 2 aromatic carbocycles. The Kier molecular flexibility index (Phi) is 4.74. The van der Waals surface area contributed by atoms with Crippen LogP contribution >= 0.6 is 0 Å². The molecule has 0 heterocycles. The molecule has 0 amide bonds. The molecule has 0 spiro atoms. The van der Waals surface area contributed by atoms with Crippen LogP contribution in [0, 0.1) is 0 Å². The van der Waals surface area contributed by atoms with Gasteiger partial charge in [0.2, 0.25) is 0 Å². The molecule has 0 fully saturated rings. The maximum absolute atomic E-state index is 11.9. The second kappa shape index (κ2) is 6.73. The molecule has 20 heavy (non-hydrogen) atoms. The van der Waals surface area contributed by atoms with E-state index in [9.17, 15) is 9.90 Å². The Hall–Kier alpha value is -2.33.